The maximum atomic E-state index is 13.1. The molecule has 1 aliphatic carbocycles. The number of furan rings is 1. The van der Waals surface area contributed by atoms with Crippen molar-refractivity contribution >= 4 is 5.91 Å². The third-order valence-electron chi connectivity index (χ3n) is 5.99. The molecule has 6 heteroatoms. The molecule has 3 aliphatic rings. The van der Waals surface area contributed by atoms with E-state index in [9.17, 15) is 4.79 Å². The molecule has 3 atom stereocenters. The number of rotatable bonds is 3. The SMILES string of the molecule is O=C(C1CC1c1ccco1)N1CCCC1c1nnc2n1CCCCC2. The van der Waals surface area contributed by atoms with E-state index in [0.717, 1.165) is 56.2 Å². The Balaban J connectivity index is 1.36. The van der Waals surface area contributed by atoms with E-state index in [1.165, 1.54) is 19.3 Å². The van der Waals surface area contributed by atoms with Crippen LogP contribution in [0.2, 0.25) is 0 Å². The van der Waals surface area contributed by atoms with Crippen molar-refractivity contribution in [1.29, 1.82) is 0 Å². The topological polar surface area (TPSA) is 64.2 Å². The number of aromatic nitrogens is 3. The van der Waals surface area contributed by atoms with Crippen LogP contribution in [0.3, 0.4) is 0 Å². The molecule has 2 fully saturated rings. The number of aryl methyl sites for hydroxylation is 1. The minimum absolute atomic E-state index is 0.0817. The molecule has 2 aliphatic heterocycles. The van der Waals surface area contributed by atoms with Gasteiger partial charge in [0.2, 0.25) is 5.91 Å². The van der Waals surface area contributed by atoms with Crippen LogP contribution in [0.1, 0.15) is 67.9 Å². The van der Waals surface area contributed by atoms with Crippen molar-refractivity contribution in [2.45, 2.75) is 63.5 Å². The maximum Gasteiger partial charge on any atom is 0.227 e. The van der Waals surface area contributed by atoms with Crippen LogP contribution in [0.4, 0.5) is 0 Å². The molecule has 0 radical (unpaired) electrons. The lowest BCUT2D eigenvalue weighted by Gasteiger charge is -2.25. The van der Waals surface area contributed by atoms with E-state index in [2.05, 4.69) is 19.7 Å². The first-order valence-electron chi connectivity index (χ1n) is 9.59. The summed E-state index contributed by atoms with van der Waals surface area (Å²) in [4.78, 5) is 15.1. The second-order valence-corrected chi connectivity index (χ2v) is 7.59. The molecule has 132 valence electrons. The van der Waals surface area contributed by atoms with Crippen molar-refractivity contribution in [2.24, 2.45) is 5.92 Å². The highest BCUT2D eigenvalue weighted by Crippen LogP contribution is 2.50. The minimum Gasteiger partial charge on any atom is -0.469 e. The van der Waals surface area contributed by atoms with Crippen LogP contribution in [-0.2, 0) is 17.8 Å². The molecule has 0 aromatic carbocycles. The van der Waals surface area contributed by atoms with Gasteiger partial charge in [0, 0.05) is 31.3 Å². The van der Waals surface area contributed by atoms with Gasteiger partial charge in [0.25, 0.3) is 0 Å². The summed E-state index contributed by atoms with van der Waals surface area (Å²) < 4.78 is 7.78. The number of hydrogen-bond acceptors (Lipinski definition) is 4. The summed E-state index contributed by atoms with van der Waals surface area (Å²) in [6.07, 6.45) is 9.30. The van der Waals surface area contributed by atoms with E-state index in [0.29, 0.717) is 0 Å². The Morgan fingerprint density at radius 2 is 2.12 bits per heavy atom. The van der Waals surface area contributed by atoms with Gasteiger partial charge in [-0.1, -0.05) is 6.42 Å². The standard InChI is InChI=1S/C19H24N4O2/c24-19(14-12-13(14)16-7-5-11-25-16)22-10-4-6-15(22)18-21-20-17-8-2-1-3-9-23(17)18/h5,7,11,13-15H,1-4,6,8-10,12H2. The van der Waals surface area contributed by atoms with Gasteiger partial charge < -0.3 is 13.9 Å². The minimum atomic E-state index is 0.0817. The Kier molecular flexibility index (Phi) is 3.64. The van der Waals surface area contributed by atoms with E-state index >= 15 is 0 Å². The van der Waals surface area contributed by atoms with Crippen molar-refractivity contribution in [3.63, 3.8) is 0 Å². The van der Waals surface area contributed by atoms with Gasteiger partial charge in [-0.05, 0) is 44.2 Å². The Hall–Kier alpha value is -2.11. The lowest BCUT2D eigenvalue weighted by atomic mass is 10.1. The predicted molar refractivity (Wildman–Crippen MR) is 90.8 cm³/mol. The number of carbonyl (C=O) groups is 1. The Labute approximate surface area is 147 Å². The van der Waals surface area contributed by atoms with Gasteiger partial charge in [-0.15, -0.1) is 10.2 Å². The number of amides is 1. The summed E-state index contributed by atoms with van der Waals surface area (Å²) in [5, 5.41) is 8.93. The third kappa shape index (κ3) is 2.58. The van der Waals surface area contributed by atoms with Crippen LogP contribution in [0.15, 0.2) is 22.8 Å². The van der Waals surface area contributed by atoms with Crippen LogP contribution in [0.5, 0.6) is 0 Å². The largest absolute Gasteiger partial charge is 0.469 e. The van der Waals surface area contributed by atoms with Gasteiger partial charge in [0.05, 0.1) is 12.3 Å². The fraction of sp³-hybridized carbons (Fsp3) is 0.632. The Morgan fingerprint density at radius 1 is 1.16 bits per heavy atom. The molecule has 5 rings (SSSR count). The average molecular weight is 340 g/mol. The lowest BCUT2D eigenvalue weighted by molar-refractivity contribution is -0.133. The quantitative estimate of drug-likeness (QED) is 0.861. The number of nitrogens with zero attached hydrogens (tertiary/aromatic N) is 4. The molecule has 2 aromatic heterocycles. The monoisotopic (exact) mass is 340 g/mol. The van der Waals surface area contributed by atoms with E-state index in [1.807, 2.05) is 12.1 Å². The summed E-state index contributed by atoms with van der Waals surface area (Å²) in [6, 6.07) is 3.99. The molecule has 0 bridgehead atoms. The van der Waals surface area contributed by atoms with E-state index < -0.39 is 0 Å². The first kappa shape index (κ1) is 15.2. The molecule has 1 saturated carbocycles. The second kappa shape index (κ2) is 6.00. The zero-order valence-electron chi connectivity index (χ0n) is 14.4. The summed E-state index contributed by atoms with van der Waals surface area (Å²) in [7, 11) is 0. The van der Waals surface area contributed by atoms with Gasteiger partial charge >= 0.3 is 0 Å². The summed E-state index contributed by atoms with van der Waals surface area (Å²) in [6.45, 7) is 1.84. The van der Waals surface area contributed by atoms with E-state index in [-0.39, 0.29) is 23.8 Å². The highest BCUT2D eigenvalue weighted by molar-refractivity contribution is 5.83. The summed E-state index contributed by atoms with van der Waals surface area (Å²) in [5.74, 6) is 3.68. The number of carbonyl (C=O) groups excluding carboxylic acids is 1. The first-order valence-corrected chi connectivity index (χ1v) is 9.59. The van der Waals surface area contributed by atoms with Gasteiger partial charge in [0.15, 0.2) is 5.82 Å². The number of fused-ring (bicyclic) bond motifs is 1. The Morgan fingerprint density at radius 3 is 3.00 bits per heavy atom. The van der Waals surface area contributed by atoms with Crippen LogP contribution in [-0.4, -0.2) is 32.1 Å². The van der Waals surface area contributed by atoms with Gasteiger partial charge in [0.1, 0.15) is 11.6 Å². The zero-order valence-corrected chi connectivity index (χ0v) is 14.4. The van der Waals surface area contributed by atoms with Crippen molar-refractivity contribution in [3.8, 4) is 0 Å². The second-order valence-electron chi connectivity index (χ2n) is 7.59. The van der Waals surface area contributed by atoms with Crippen LogP contribution in [0, 0.1) is 5.92 Å². The molecule has 1 amide bonds. The van der Waals surface area contributed by atoms with Crippen molar-refractivity contribution in [3.05, 3.63) is 35.8 Å². The number of likely N-dealkylation sites (tertiary alicyclic amines) is 1. The van der Waals surface area contributed by atoms with Gasteiger partial charge in [-0.25, -0.2) is 0 Å². The maximum absolute atomic E-state index is 13.1. The predicted octanol–water partition coefficient (Wildman–Crippen LogP) is 3.06. The Bertz CT molecular complexity index is 766. The summed E-state index contributed by atoms with van der Waals surface area (Å²) >= 11 is 0. The van der Waals surface area contributed by atoms with Crippen LogP contribution < -0.4 is 0 Å². The van der Waals surface area contributed by atoms with Crippen LogP contribution in [0.25, 0.3) is 0 Å². The molecular weight excluding hydrogens is 316 g/mol. The van der Waals surface area contributed by atoms with E-state index in [4.69, 9.17) is 4.42 Å². The average Bonchev–Trinajstić information content (AvgIpc) is 2.98. The van der Waals surface area contributed by atoms with Crippen LogP contribution >= 0.6 is 0 Å². The molecule has 2 aromatic rings. The fourth-order valence-corrected chi connectivity index (χ4v) is 4.55. The van der Waals surface area contributed by atoms with Crippen molar-refractivity contribution in [2.75, 3.05) is 6.54 Å². The van der Waals surface area contributed by atoms with Gasteiger partial charge in [-0.3, -0.25) is 4.79 Å². The number of hydrogen-bond donors (Lipinski definition) is 0. The van der Waals surface area contributed by atoms with Crippen molar-refractivity contribution in [1.82, 2.24) is 19.7 Å². The molecule has 0 N–H and O–H groups in total. The molecule has 1 saturated heterocycles. The normalized spacial score (nSPS) is 28.6. The highest BCUT2D eigenvalue weighted by Gasteiger charge is 2.49. The molecule has 4 heterocycles. The molecule has 3 unspecified atom stereocenters. The summed E-state index contributed by atoms with van der Waals surface area (Å²) in [5.41, 5.74) is 0. The van der Waals surface area contributed by atoms with Gasteiger partial charge in [-0.2, -0.15) is 0 Å². The van der Waals surface area contributed by atoms with Crippen molar-refractivity contribution < 1.29 is 9.21 Å². The first-order chi connectivity index (χ1) is 12.3. The van der Waals surface area contributed by atoms with E-state index in [1.54, 1.807) is 6.26 Å². The molecule has 25 heavy (non-hydrogen) atoms. The molecule has 0 spiro atoms. The smallest absolute Gasteiger partial charge is 0.227 e. The zero-order chi connectivity index (χ0) is 16.8. The fourth-order valence-electron chi connectivity index (χ4n) is 4.55. The lowest BCUT2D eigenvalue weighted by Crippen LogP contribution is -2.33. The highest BCUT2D eigenvalue weighted by atomic mass is 16.3. The third-order valence-corrected chi connectivity index (χ3v) is 5.99. The molecular formula is C19H24N4O2. The molecule has 6 nitrogen and oxygen atoms in total.